The molecule has 2 aliphatic carbocycles. The van der Waals surface area contributed by atoms with Crippen molar-refractivity contribution < 1.29 is 0 Å². The van der Waals surface area contributed by atoms with Crippen molar-refractivity contribution in [3.05, 3.63) is 58.2 Å². The quantitative estimate of drug-likeness (QED) is 0.807. The van der Waals surface area contributed by atoms with Gasteiger partial charge in [0.25, 0.3) is 5.56 Å². The number of hydrogen-bond donors (Lipinski definition) is 1. The molecule has 2 heterocycles. The number of allylic oxidation sites excluding steroid dienone is 4. The van der Waals surface area contributed by atoms with Crippen molar-refractivity contribution in [3.8, 4) is 0 Å². The Hall–Kier alpha value is -2.11. The number of aryl methyl sites for hydroxylation is 1. The SMILES string of the molecule is Cc1ccc2nc3n(c(=O)c2c1)C1(CC2CCCC(CN)C2)C=CC=C3C1=S. The van der Waals surface area contributed by atoms with Crippen molar-refractivity contribution in [1.29, 1.82) is 0 Å². The van der Waals surface area contributed by atoms with Gasteiger partial charge in [-0.05, 0) is 56.7 Å². The van der Waals surface area contributed by atoms with Crippen LogP contribution >= 0.6 is 12.2 Å². The number of aromatic nitrogens is 2. The van der Waals surface area contributed by atoms with Crippen LogP contribution in [0, 0.1) is 18.8 Å². The number of nitrogens with zero attached hydrogens (tertiary/aromatic N) is 2. The number of fused-ring (bicyclic) bond motifs is 6. The first kappa shape index (κ1) is 18.0. The van der Waals surface area contributed by atoms with Gasteiger partial charge < -0.3 is 5.73 Å². The van der Waals surface area contributed by atoms with E-state index in [4.69, 9.17) is 22.9 Å². The number of nitrogens with two attached hydrogens (primary N) is 1. The highest BCUT2D eigenvalue weighted by molar-refractivity contribution is 7.81. The van der Waals surface area contributed by atoms with E-state index in [1.807, 2.05) is 35.8 Å². The van der Waals surface area contributed by atoms with Crippen LogP contribution in [0.15, 0.2) is 41.2 Å². The van der Waals surface area contributed by atoms with Gasteiger partial charge in [0.2, 0.25) is 0 Å². The highest BCUT2D eigenvalue weighted by Gasteiger charge is 2.48. The minimum absolute atomic E-state index is 0.0205. The molecule has 2 aromatic rings. The summed E-state index contributed by atoms with van der Waals surface area (Å²) in [5.41, 5.74) is 8.17. The lowest BCUT2D eigenvalue weighted by Crippen LogP contribution is -2.44. The highest BCUT2D eigenvalue weighted by Crippen LogP contribution is 2.46. The first-order valence-corrected chi connectivity index (χ1v) is 10.6. The predicted octanol–water partition coefficient (Wildman–Crippen LogP) is 3.89. The zero-order valence-corrected chi connectivity index (χ0v) is 17.0. The van der Waals surface area contributed by atoms with Crippen LogP contribution < -0.4 is 11.3 Å². The zero-order valence-electron chi connectivity index (χ0n) is 16.1. The van der Waals surface area contributed by atoms with E-state index >= 15 is 0 Å². The van der Waals surface area contributed by atoms with E-state index in [0.29, 0.717) is 17.2 Å². The summed E-state index contributed by atoms with van der Waals surface area (Å²) in [5.74, 6) is 1.83. The maximum Gasteiger partial charge on any atom is 0.262 e. The molecule has 0 saturated heterocycles. The van der Waals surface area contributed by atoms with Crippen LogP contribution in [0.5, 0.6) is 0 Å². The maximum absolute atomic E-state index is 13.6. The Balaban J connectivity index is 1.68. The Bertz CT molecular complexity index is 1110. The Morgan fingerprint density at radius 1 is 1.32 bits per heavy atom. The number of benzene rings is 1. The molecule has 4 nitrogen and oxygen atoms in total. The van der Waals surface area contributed by atoms with Gasteiger partial charge in [-0.1, -0.05) is 54.9 Å². The second-order valence-electron chi connectivity index (χ2n) is 8.63. The normalized spacial score (nSPS) is 28.5. The third-order valence-corrected chi connectivity index (χ3v) is 7.33. The van der Waals surface area contributed by atoms with Gasteiger partial charge in [-0.3, -0.25) is 9.36 Å². The lowest BCUT2D eigenvalue weighted by Gasteiger charge is -2.36. The van der Waals surface area contributed by atoms with Crippen LogP contribution in [-0.4, -0.2) is 21.0 Å². The number of hydrogen-bond acceptors (Lipinski definition) is 4. The monoisotopic (exact) mass is 391 g/mol. The van der Waals surface area contributed by atoms with Crippen molar-refractivity contribution in [2.45, 2.75) is 44.6 Å². The van der Waals surface area contributed by atoms with Crippen molar-refractivity contribution in [3.63, 3.8) is 0 Å². The average Bonchev–Trinajstić information content (AvgIpc) is 2.82. The summed E-state index contributed by atoms with van der Waals surface area (Å²) in [5, 5.41) is 0.677. The Morgan fingerprint density at radius 3 is 2.96 bits per heavy atom. The molecule has 0 spiro atoms. The molecule has 3 atom stereocenters. The van der Waals surface area contributed by atoms with Crippen molar-refractivity contribution >= 4 is 33.6 Å². The molecule has 0 amide bonds. The molecule has 1 fully saturated rings. The first-order valence-electron chi connectivity index (χ1n) is 10.2. The average molecular weight is 392 g/mol. The Labute approximate surface area is 170 Å². The van der Waals surface area contributed by atoms with Crippen molar-refractivity contribution in [1.82, 2.24) is 9.55 Å². The van der Waals surface area contributed by atoms with Gasteiger partial charge in [-0.2, -0.15) is 0 Å². The van der Waals surface area contributed by atoms with E-state index in [9.17, 15) is 4.79 Å². The molecule has 144 valence electrons. The summed E-state index contributed by atoms with van der Waals surface area (Å²) in [4.78, 5) is 19.3. The van der Waals surface area contributed by atoms with Gasteiger partial charge in [-0.15, -0.1) is 0 Å². The summed E-state index contributed by atoms with van der Waals surface area (Å²) in [6.07, 6.45) is 11.8. The van der Waals surface area contributed by atoms with Gasteiger partial charge in [0.05, 0.1) is 15.8 Å². The molecular weight excluding hydrogens is 366 g/mol. The van der Waals surface area contributed by atoms with E-state index in [0.717, 1.165) is 46.7 Å². The molecule has 3 aliphatic rings. The minimum Gasteiger partial charge on any atom is -0.330 e. The Morgan fingerprint density at radius 2 is 2.14 bits per heavy atom. The lowest BCUT2D eigenvalue weighted by atomic mass is 9.73. The molecule has 1 aliphatic heterocycles. The zero-order chi connectivity index (χ0) is 19.5. The van der Waals surface area contributed by atoms with Crippen LogP contribution in [0.4, 0.5) is 0 Å². The third-order valence-electron chi connectivity index (χ3n) is 6.76. The van der Waals surface area contributed by atoms with Gasteiger partial charge in [0.15, 0.2) is 0 Å². The van der Waals surface area contributed by atoms with Gasteiger partial charge in [-0.25, -0.2) is 4.98 Å². The minimum atomic E-state index is -0.558. The molecule has 5 rings (SSSR count). The molecule has 0 radical (unpaired) electrons. The van der Waals surface area contributed by atoms with Crippen molar-refractivity contribution in [2.24, 2.45) is 17.6 Å². The van der Waals surface area contributed by atoms with Crippen molar-refractivity contribution in [2.75, 3.05) is 6.54 Å². The molecular formula is C23H25N3OS. The molecule has 28 heavy (non-hydrogen) atoms. The predicted molar refractivity (Wildman–Crippen MR) is 118 cm³/mol. The van der Waals surface area contributed by atoms with Crippen LogP contribution in [0.1, 0.15) is 43.5 Å². The standard InChI is InChI=1S/C23H25N3OS/c1-14-7-8-19-18(10-14)22(27)26-21(25-19)17-6-3-9-23(26,20(17)28)12-15-4-2-5-16(11-15)13-24/h3,6-10,15-16H,2,4-5,11-13,24H2,1H3. The molecule has 1 aromatic carbocycles. The van der Waals surface area contributed by atoms with E-state index in [2.05, 4.69) is 12.2 Å². The highest BCUT2D eigenvalue weighted by atomic mass is 32.1. The lowest BCUT2D eigenvalue weighted by molar-refractivity contribution is 0.228. The van der Waals surface area contributed by atoms with E-state index < -0.39 is 5.54 Å². The second kappa shape index (κ2) is 6.46. The summed E-state index contributed by atoms with van der Waals surface area (Å²) in [6, 6.07) is 5.88. The molecule has 2 bridgehead atoms. The van der Waals surface area contributed by atoms with Crippen LogP contribution in [0.3, 0.4) is 0 Å². The number of rotatable bonds is 3. The first-order chi connectivity index (χ1) is 13.5. The fourth-order valence-corrected chi connectivity index (χ4v) is 5.79. The third kappa shape index (κ3) is 2.49. The summed E-state index contributed by atoms with van der Waals surface area (Å²) < 4.78 is 1.89. The van der Waals surface area contributed by atoms with E-state index in [1.54, 1.807) is 0 Å². The van der Waals surface area contributed by atoms with Gasteiger partial charge in [0.1, 0.15) is 11.4 Å². The fourth-order valence-electron chi connectivity index (χ4n) is 5.38. The van der Waals surface area contributed by atoms with Crippen LogP contribution in [0.25, 0.3) is 16.5 Å². The smallest absolute Gasteiger partial charge is 0.262 e. The molecule has 1 saturated carbocycles. The van der Waals surface area contributed by atoms with E-state index in [1.165, 1.54) is 19.3 Å². The molecule has 2 N–H and O–H groups in total. The van der Waals surface area contributed by atoms with Crippen LogP contribution in [0.2, 0.25) is 0 Å². The molecule has 3 unspecified atom stereocenters. The summed E-state index contributed by atoms with van der Waals surface area (Å²) in [6.45, 7) is 2.75. The van der Waals surface area contributed by atoms with Crippen LogP contribution in [-0.2, 0) is 5.54 Å². The summed E-state index contributed by atoms with van der Waals surface area (Å²) >= 11 is 5.94. The summed E-state index contributed by atoms with van der Waals surface area (Å²) in [7, 11) is 0. The molecule has 5 heteroatoms. The Kier molecular flexibility index (Phi) is 4.14. The van der Waals surface area contributed by atoms with E-state index in [-0.39, 0.29) is 5.56 Å². The maximum atomic E-state index is 13.6. The second-order valence-corrected chi connectivity index (χ2v) is 9.04. The van der Waals surface area contributed by atoms with Gasteiger partial charge in [0, 0.05) is 5.57 Å². The topological polar surface area (TPSA) is 60.9 Å². The fraction of sp³-hybridized carbons (Fsp3) is 0.435. The largest absolute Gasteiger partial charge is 0.330 e. The molecule has 1 aromatic heterocycles. The van der Waals surface area contributed by atoms with Gasteiger partial charge >= 0.3 is 0 Å². The number of thiocarbonyl (C=S) groups is 1.